The van der Waals surface area contributed by atoms with Crippen molar-refractivity contribution in [3.8, 4) is 5.75 Å². The Hall–Kier alpha value is -2.03. The van der Waals surface area contributed by atoms with E-state index in [0.29, 0.717) is 12.4 Å². The summed E-state index contributed by atoms with van der Waals surface area (Å²) in [5, 5.41) is 11.1. The molecule has 0 atom stereocenters. The molecular formula is C17H20O3. The van der Waals surface area contributed by atoms with Crippen LogP contribution in [0, 0.1) is 5.41 Å². The summed E-state index contributed by atoms with van der Waals surface area (Å²) >= 11 is 0. The van der Waals surface area contributed by atoms with E-state index in [4.69, 9.17) is 4.74 Å². The highest BCUT2D eigenvalue weighted by Crippen LogP contribution is 2.31. The number of fused-ring (bicyclic) bond motifs is 1. The van der Waals surface area contributed by atoms with E-state index >= 15 is 0 Å². The van der Waals surface area contributed by atoms with Crippen LogP contribution in [-0.2, 0) is 0 Å². The predicted molar refractivity (Wildman–Crippen MR) is 80.5 cm³/mol. The summed E-state index contributed by atoms with van der Waals surface area (Å²) in [5.41, 5.74) is 0.381. The highest BCUT2D eigenvalue weighted by Gasteiger charge is 2.16. The molecule has 0 aliphatic carbocycles. The van der Waals surface area contributed by atoms with Gasteiger partial charge >= 0.3 is 5.97 Å². The van der Waals surface area contributed by atoms with E-state index in [0.717, 1.165) is 17.2 Å². The number of aromatic carboxylic acids is 1. The van der Waals surface area contributed by atoms with Gasteiger partial charge < -0.3 is 9.84 Å². The Bertz CT molecular complexity index is 624. The molecule has 3 nitrogen and oxygen atoms in total. The van der Waals surface area contributed by atoms with Gasteiger partial charge in [-0.3, -0.25) is 0 Å². The van der Waals surface area contributed by atoms with E-state index < -0.39 is 5.97 Å². The van der Waals surface area contributed by atoms with Gasteiger partial charge in [0.05, 0.1) is 6.61 Å². The van der Waals surface area contributed by atoms with E-state index in [1.165, 1.54) is 0 Å². The van der Waals surface area contributed by atoms with Gasteiger partial charge in [-0.15, -0.1) is 0 Å². The molecule has 106 valence electrons. The highest BCUT2D eigenvalue weighted by atomic mass is 16.5. The minimum atomic E-state index is -0.957. The van der Waals surface area contributed by atoms with Crippen LogP contribution in [0.3, 0.4) is 0 Å². The smallest absolute Gasteiger partial charge is 0.339 e. The maximum atomic E-state index is 11.3. The number of benzene rings is 2. The van der Waals surface area contributed by atoms with Crippen LogP contribution in [0.4, 0.5) is 0 Å². The van der Waals surface area contributed by atoms with Crippen LogP contribution >= 0.6 is 0 Å². The fourth-order valence-electron chi connectivity index (χ4n) is 2.03. The van der Waals surface area contributed by atoms with Crippen molar-refractivity contribution in [1.82, 2.24) is 0 Å². The van der Waals surface area contributed by atoms with Crippen molar-refractivity contribution in [2.75, 3.05) is 6.61 Å². The zero-order valence-electron chi connectivity index (χ0n) is 12.1. The van der Waals surface area contributed by atoms with Crippen LogP contribution < -0.4 is 4.74 Å². The molecule has 3 heteroatoms. The Kier molecular flexibility index (Phi) is 3.98. The molecule has 0 aliphatic rings. The van der Waals surface area contributed by atoms with Crippen LogP contribution in [0.1, 0.15) is 37.6 Å². The highest BCUT2D eigenvalue weighted by molar-refractivity contribution is 6.00. The van der Waals surface area contributed by atoms with Gasteiger partial charge in [0.25, 0.3) is 0 Å². The Morgan fingerprint density at radius 1 is 1.15 bits per heavy atom. The lowest BCUT2D eigenvalue weighted by molar-refractivity contribution is 0.0692. The second-order valence-corrected chi connectivity index (χ2v) is 6.13. The summed E-state index contributed by atoms with van der Waals surface area (Å²) in [5.74, 6) is -0.485. The number of rotatable bonds is 4. The molecule has 0 bridgehead atoms. The van der Waals surface area contributed by atoms with Gasteiger partial charge in [-0.25, -0.2) is 4.79 Å². The zero-order valence-corrected chi connectivity index (χ0v) is 12.1. The first kappa shape index (κ1) is 14.4. The molecule has 2 aromatic rings. The third-order valence-corrected chi connectivity index (χ3v) is 3.21. The molecule has 0 radical (unpaired) electrons. The summed E-state index contributed by atoms with van der Waals surface area (Å²) in [6.07, 6.45) is 0.870. The second-order valence-electron chi connectivity index (χ2n) is 6.13. The van der Waals surface area contributed by atoms with Gasteiger partial charge in [-0.05, 0) is 23.3 Å². The van der Waals surface area contributed by atoms with Gasteiger partial charge in [0, 0.05) is 5.39 Å². The number of ether oxygens (including phenoxy) is 1. The summed E-state index contributed by atoms with van der Waals surface area (Å²) in [6, 6.07) is 11.1. The SMILES string of the molecule is CC(C)(C)CCOc1c(C(=O)O)ccc2ccccc12. The second kappa shape index (κ2) is 5.53. The average molecular weight is 272 g/mol. The number of hydrogen-bond donors (Lipinski definition) is 1. The first-order valence-electron chi connectivity index (χ1n) is 6.76. The zero-order chi connectivity index (χ0) is 14.8. The number of carboxylic acid groups (broad SMARTS) is 1. The van der Waals surface area contributed by atoms with E-state index in [-0.39, 0.29) is 11.0 Å². The molecule has 0 saturated carbocycles. The molecule has 0 aromatic heterocycles. The Morgan fingerprint density at radius 2 is 1.85 bits per heavy atom. The summed E-state index contributed by atoms with van der Waals surface area (Å²) in [6.45, 7) is 6.92. The minimum absolute atomic E-state index is 0.161. The van der Waals surface area contributed by atoms with Crippen molar-refractivity contribution in [1.29, 1.82) is 0 Å². The molecule has 2 aromatic carbocycles. The number of carbonyl (C=O) groups is 1. The molecule has 0 spiro atoms. The monoisotopic (exact) mass is 272 g/mol. The van der Waals surface area contributed by atoms with Gasteiger partial charge in [0.2, 0.25) is 0 Å². The molecule has 2 rings (SSSR count). The first-order chi connectivity index (χ1) is 9.38. The van der Waals surface area contributed by atoms with Crippen LogP contribution in [0.15, 0.2) is 36.4 Å². The normalized spacial score (nSPS) is 11.6. The van der Waals surface area contributed by atoms with Crippen molar-refractivity contribution >= 4 is 16.7 Å². The molecule has 0 saturated heterocycles. The van der Waals surface area contributed by atoms with E-state index in [1.807, 2.05) is 30.3 Å². The molecule has 0 unspecified atom stereocenters. The third kappa shape index (κ3) is 3.29. The molecule has 0 aliphatic heterocycles. The average Bonchev–Trinajstić information content (AvgIpc) is 2.37. The topological polar surface area (TPSA) is 46.5 Å². The Balaban J connectivity index is 2.37. The molecule has 1 N–H and O–H groups in total. The Labute approximate surface area is 119 Å². The van der Waals surface area contributed by atoms with Crippen molar-refractivity contribution in [3.05, 3.63) is 42.0 Å². The van der Waals surface area contributed by atoms with Gasteiger partial charge in [-0.1, -0.05) is 51.1 Å². The first-order valence-corrected chi connectivity index (χ1v) is 6.76. The fraction of sp³-hybridized carbons (Fsp3) is 0.353. The maximum absolute atomic E-state index is 11.3. The van der Waals surface area contributed by atoms with Crippen LogP contribution in [0.2, 0.25) is 0 Å². The minimum Gasteiger partial charge on any atom is -0.492 e. The van der Waals surface area contributed by atoms with Crippen LogP contribution in [0.25, 0.3) is 10.8 Å². The third-order valence-electron chi connectivity index (χ3n) is 3.21. The fourth-order valence-corrected chi connectivity index (χ4v) is 2.03. The lowest BCUT2D eigenvalue weighted by Gasteiger charge is -2.19. The van der Waals surface area contributed by atoms with Crippen molar-refractivity contribution < 1.29 is 14.6 Å². The van der Waals surface area contributed by atoms with Crippen molar-refractivity contribution in [2.45, 2.75) is 27.2 Å². The number of carboxylic acids is 1. The molecule has 0 fully saturated rings. The molecular weight excluding hydrogens is 252 g/mol. The van der Waals surface area contributed by atoms with E-state index in [1.54, 1.807) is 6.07 Å². The maximum Gasteiger partial charge on any atom is 0.339 e. The van der Waals surface area contributed by atoms with Crippen LogP contribution in [0.5, 0.6) is 5.75 Å². The lowest BCUT2D eigenvalue weighted by atomic mass is 9.93. The Morgan fingerprint density at radius 3 is 2.50 bits per heavy atom. The quantitative estimate of drug-likeness (QED) is 0.899. The largest absolute Gasteiger partial charge is 0.492 e. The number of hydrogen-bond acceptors (Lipinski definition) is 2. The van der Waals surface area contributed by atoms with Crippen molar-refractivity contribution in [2.24, 2.45) is 5.41 Å². The summed E-state index contributed by atoms with van der Waals surface area (Å²) in [7, 11) is 0. The van der Waals surface area contributed by atoms with Gasteiger partial charge in [0.15, 0.2) is 0 Å². The standard InChI is InChI=1S/C17H20O3/c1-17(2,3)10-11-20-15-13-7-5-4-6-12(13)8-9-14(15)16(18)19/h4-9H,10-11H2,1-3H3,(H,18,19). The molecule has 0 heterocycles. The van der Waals surface area contributed by atoms with Gasteiger partial charge in [0.1, 0.15) is 11.3 Å². The van der Waals surface area contributed by atoms with Gasteiger partial charge in [-0.2, -0.15) is 0 Å². The van der Waals surface area contributed by atoms with E-state index in [2.05, 4.69) is 20.8 Å². The lowest BCUT2D eigenvalue weighted by Crippen LogP contribution is -2.12. The summed E-state index contributed by atoms with van der Waals surface area (Å²) < 4.78 is 5.81. The van der Waals surface area contributed by atoms with E-state index in [9.17, 15) is 9.90 Å². The summed E-state index contributed by atoms with van der Waals surface area (Å²) in [4.78, 5) is 11.3. The predicted octanol–water partition coefficient (Wildman–Crippen LogP) is 4.35. The molecule has 0 amide bonds. The molecule has 20 heavy (non-hydrogen) atoms. The van der Waals surface area contributed by atoms with Crippen LogP contribution in [-0.4, -0.2) is 17.7 Å². The van der Waals surface area contributed by atoms with Crippen molar-refractivity contribution in [3.63, 3.8) is 0 Å².